The quantitative estimate of drug-likeness (QED) is 0.693. The van der Waals surface area contributed by atoms with Crippen molar-refractivity contribution in [2.45, 2.75) is 0 Å². The summed E-state index contributed by atoms with van der Waals surface area (Å²) in [6, 6.07) is 10.2. The molecule has 0 unspecified atom stereocenters. The van der Waals surface area contributed by atoms with Crippen molar-refractivity contribution in [3.8, 4) is 17.5 Å². The van der Waals surface area contributed by atoms with E-state index in [4.69, 9.17) is 5.26 Å². The molecule has 0 saturated heterocycles. The second-order valence-corrected chi connectivity index (χ2v) is 4.73. The van der Waals surface area contributed by atoms with Gasteiger partial charge in [-0.25, -0.2) is 4.39 Å². The first-order chi connectivity index (χ1) is 9.20. The highest BCUT2D eigenvalue weighted by molar-refractivity contribution is 9.10. The highest BCUT2D eigenvalue weighted by Gasteiger charge is 2.14. The summed E-state index contributed by atoms with van der Waals surface area (Å²) in [6.45, 7) is 0. The van der Waals surface area contributed by atoms with Crippen molar-refractivity contribution >= 4 is 21.6 Å². The molecule has 6 heteroatoms. The molecule has 0 amide bonds. The molecule has 2 aromatic heterocycles. The predicted molar refractivity (Wildman–Crippen MR) is 70.8 cm³/mol. The molecule has 0 aliphatic rings. The molecule has 0 aliphatic carbocycles. The van der Waals surface area contributed by atoms with Gasteiger partial charge in [0.05, 0.1) is 21.7 Å². The standard InChI is InChI=1S/C13H6BrFN4/c14-10-3-1-2-9(12(10)15)13-18-17-11-6-8(7-16)4-5-19(11)13/h1-6H. The lowest BCUT2D eigenvalue weighted by molar-refractivity contribution is 0.623. The second kappa shape index (κ2) is 4.44. The fraction of sp³-hybridized carbons (Fsp3) is 0. The average Bonchev–Trinajstić information content (AvgIpc) is 2.84. The third-order valence-electron chi connectivity index (χ3n) is 2.73. The maximum absolute atomic E-state index is 14.1. The van der Waals surface area contributed by atoms with Gasteiger partial charge in [-0.3, -0.25) is 4.40 Å². The molecule has 1 aromatic carbocycles. The number of nitriles is 1. The summed E-state index contributed by atoms with van der Waals surface area (Å²) < 4.78 is 16.1. The van der Waals surface area contributed by atoms with Crippen LogP contribution >= 0.6 is 15.9 Å². The zero-order chi connectivity index (χ0) is 13.4. The van der Waals surface area contributed by atoms with Crippen LogP contribution in [0.1, 0.15) is 5.56 Å². The van der Waals surface area contributed by atoms with Gasteiger partial charge in [-0.15, -0.1) is 10.2 Å². The van der Waals surface area contributed by atoms with E-state index in [1.807, 2.05) is 6.07 Å². The molecule has 4 nitrogen and oxygen atoms in total. The zero-order valence-electron chi connectivity index (χ0n) is 9.51. The van der Waals surface area contributed by atoms with Gasteiger partial charge in [-0.2, -0.15) is 5.26 Å². The van der Waals surface area contributed by atoms with Gasteiger partial charge >= 0.3 is 0 Å². The topological polar surface area (TPSA) is 54.0 Å². The lowest BCUT2D eigenvalue weighted by atomic mass is 10.2. The Morgan fingerprint density at radius 1 is 1.26 bits per heavy atom. The van der Waals surface area contributed by atoms with Crippen molar-refractivity contribution in [2.24, 2.45) is 0 Å². The van der Waals surface area contributed by atoms with E-state index in [-0.39, 0.29) is 5.82 Å². The molecule has 0 spiro atoms. The minimum Gasteiger partial charge on any atom is -0.282 e. The monoisotopic (exact) mass is 316 g/mol. The minimum absolute atomic E-state index is 0.353. The molecule has 0 fully saturated rings. The lowest BCUT2D eigenvalue weighted by Gasteiger charge is -2.03. The van der Waals surface area contributed by atoms with Crippen LogP contribution in [0, 0.1) is 17.1 Å². The summed E-state index contributed by atoms with van der Waals surface area (Å²) in [4.78, 5) is 0. The van der Waals surface area contributed by atoms with Gasteiger partial charge in [-0.05, 0) is 34.1 Å². The van der Waals surface area contributed by atoms with Crippen molar-refractivity contribution in [1.82, 2.24) is 14.6 Å². The number of aromatic nitrogens is 3. The van der Waals surface area contributed by atoms with Crippen molar-refractivity contribution in [3.05, 3.63) is 52.4 Å². The molecule has 0 aliphatic heterocycles. The van der Waals surface area contributed by atoms with Gasteiger partial charge in [-0.1, -0.05) is 6.07 Å². The number of halogens is 2. The summed E-state index contributed by atoms with van der Waals surface area (Å²) in [5, 5.41) is 16.8. The van der Waals surface area contributed by atoms with Crippen LogP contribution in [0.15, 0.2) is 41.0 Å². The van der Waals surface area contributed by atoms with Crippen LogP contribution in [-0.2, 0) is 0 Å². The van der Waals surface area contributed by atoms with Gasteiger partial charge in [0.15, 0.2) is 11.5 Å². The van der Waals surface area contributed by atoms with E-state index in [1.165, 1.54) is 0 Å². The molecule has 0 radical (unpaired) electrons. The van der Waals surface area contributed by atoms with Gasteiger partial charge < -0.3 is 0 Å². The highest BCUT2D eigenvalue weighted by Crippen LogP contribution is 2.26. The van der Waals surface area contributed by atoms with Crippen LogP contribution in [0.2, 0.25) is 0 Å². The van der Waals surface area contributed by atoms with Crippen LogP contribution in [0.4, 0.5) is 4.39 Å². The molecule has 3 rings (SSSR count). The van der Waals surface area contributed by atoms with Crippen LogP contribution in [-0.4, -0.2) is 14.6 Å². The molecule has 0 N–H and O–H groups in total. The molecule has 92 valence electrons. The Morgan fingerprint density at radius 3 is 2.89 bits per heavy atom. The molecule has 0 atom stereocenters. The first-order valence-corrected chi connectivity index (χ1v) is 6.19. The summed E-state index contributed by atoms with van der Waals surface area (Å²) in [5.41, 5.74) is 1.35. The largest absolute Gasteiger partial charge is 0.282 e. The van der Waals surface area contributed by atoms with E-state index >= 15 is 0 Å². The molecule has 19 heavy (non-hydrogen) atoms. The Labute approximate surface area is 116 Å². The number of rotatable bonds is 1. The van der Waals surface area contributed by atoms with Crippen molar-refractivity contribution in [3.63, 3.8) is 0 Å². The maximum Gasteiger partial charge on any atom is 0.171 e. The Morgan fingerprint density at radius 2 is 2.11 bits per heavy atom. The smallest absolute Gasteiger partial charge is 0.171 e. The molecule has 0 saturated carbocycles. The predicted octanol–water partition coefficient (Wildman–Crippen LogP) is 3.17. The van der Waals surface area contributed by atoms with E-state index in [2.05, 4.69) is 26.1 Å². The first kappa shape index (κ1) is 11.8. The highest BCUT2D eigenvalue weighted by atomic mass is 79.9. The number of hydrogen-bond acceptors (Lipinski definition) is 3. The number of pyridine rings is 1. The first-order valence-electron chi connectivity index (χ1n) is 5.40. The molecular weight excluding hydrogens is 311 g/mol. The molecular formula is C13H6BrFN4. The van der Waals surface area contributed by atoms with E-state index in [0.717, 1.165) is 0 Å². The normalized spacial score (nSPS) is 10.6. The summed E-state index contributed by atoms with van der Waals surface area (Å²) >= 11 is 3.14. The van der Waals surface area contributed by atoms with Gasteiger partial charge in [0.1, 0.15) is 5.82 Å². The van der Waals surface area contributed by atoms with Crippen LogP contribution < -0.4 is 0 Å². The van der Waals surface area contributed by atoms with Crippen molar-refractivity contribution in [2.75, 3.05) is 0 Å². The Kier molecular flexibility index (Phi) is 2.76. The van der Waals surface area contributed by atoms with Crippen molar-refractivity contribution < 1.29 is 4.39 Å². The number of fused-ring (bicyclic) bond motifs is 1. The van der Waals surface area contributed by atoms with E-state index in [9.17, 15) is 4.39 Å². The number of hydrogen-bond donors (Lipinski definition) is 0. The third kappa shape index (κ3) is 1.88. The van der Waals surface area contributed by atoms with Gasteiger partial charge in [0.25, 0.3) is 0 Å². The summed E-state index contributed by atoms with van der Waals surface area (Å²) in [6.07, 6.45) is 1.66. The average molecular weight is 317 g/mol. The Hall–Kier alpha value is -2.26. The van der Waals surface area contributed by atoms with Crippen molar-refractivity contribution in [1.29, 1.82) is 5.26 Å². The number of nitrogens with zero attached hydrogens (tertiary/aromatic N) is 4. The minimum atomic E-state index is -0.388. The Balaban J connectivity index is 2.27. The fourth-order valence-electron chi connectivity index (χ4n) is 1.82. The third-order valence-corrected chi connectivity index (χ3v) is 3.34. The molecule has 3 aromatic rings. The zero-order valence-corrected chi connectivity index (χ0v) is 11.1. The summed E-state index contributed by atoms with van der Waals surface area (Å²) in [7, 11) is 0. The maximum atomic E-state index is 14.1. The number of benzene rings is 1. The van der Waals surface area contributed by atoms with E-state index < -0.39 is 0 Å². The van der Waals surface area contributed by atoms with Gasteiger partial charge in [0, 0.05) is 12.3 Å². The lowest BCUT2D eigenvalue weighted by Crippen LogP contribution is -1.93. The van der Waals surface area contributed by atoms with Crippen LogP contribution in [0.3, 0.4) is 0 Å². The van der Waals surface area contributed by atoms with E-state index in [0.29, 0.717) is 27.1 Å². The molecule has 0 bridgehead atoms. The Bertz CT molecular complexity index is 819. The van der Waals surface area contributed by atoms with Crippen LogP contribution in [0.25, 0.3) is 17.0 Å². The second-order valence-electron chi connectivity index (χ2n) is 3.88. The molecule has 2 heterocycles. The summed E-state index contributed by atoms with van der Waals surface area (Å²) in [5.74, 6) is 0.0134. The van der Waals surface area contributed by atoms with Gasteiger partial charge in [0.2, 0.25) is 0 Å². The van der Waals surface area contributed by atoms with Crippen LogP contribution in [0.5, 0.6) is 0 Å². The fourth-order valence-corrected chi connectivity index (χ4v) is 2.19. The SMILES string of the molecule is N#Cc1ccn2c(-c3cccc(Br)c3F)nnc2c1. The van der Waals surface area contributed by atoms with E-state index in [1.54, 1.807) is 40.9 Å².